The van der Waals surface area contributed by atoms with Crippen molar-refractivity contribution in [3.8, 4) is 17.2 Å². The minimum absolute atomic E-state index is 0.216. The van der Waals surface area contributed by atoms with Crippen LogP contribution in [0.2, 0.25) is 0 Å². The van der Waals surface area contributed by atoms with Crippen molar-refractivity contribution in [3.63, 3.8) is 0 Å². The lowest BCUT2D eigenvalue weighted by Gasteiger charge is -2.29. The molecule has 0 saturated heterocycles. The van der Waals surface area contributed by atoms with Gasteiger partial charge in [0.05, 0.1) is 37.1 Å². The molecule has 0 fully saturated rings. The van der Waals surface area contributed by atoms with Crippen molar-refractivity contribution < 1.29 is 23.8 Å². The van der Waals surface area contributed by atoms with Crippen molar-refractivity contribution in [1.29, 1.82) is 0 Å². The second-order valence-electron chi connectivity index (χ2n) is 8.03. The maximum Gasteiger partial charge on any atom is 0.241 e. The van der Waals surface area contributed by atoms with E-state index in [-0.39, 0.29) is 11.7 Å². The van der Waals surface area contributed by atoms with Gasteiger partial charge in [0.15, 0.2) is 5.78 Å². The molecule has 0 bridgehead atoms. The van der Waals surface area contributed by atoms with E-state index in [9.17, 15) is 9.59 Å². The summed E-state index contributed by atoms with van der Waals surface area (Å²) in [5.74, 6) is 1.07. The third kappa shape index (κ3) is 5.00. The maximum absolute atomic E-state index is 13.0. The fourth-order valence-electron chi connectivity index (χ4n) is 3.24. The first-order valence-electron chi connectivity index (χ1n) is 10.2. The van der Waals surface area contributed by atoms with Gasteiger partial charge < -0.3 is 25.3 Å². The van der Waals surface area contributed by atoms with Gasteiger partial charge in [0, 0.05) is 0 Å². The van der Waals surface area contributed by atoms with Crippen LogP contribution in [0.3, 0.4) is 0 Å². The van der Waals surface area contributed by atoms with Gasteiger partial charge in [-0.1, -0.05) is 12.1 Å². The molecule has 7 heteroatoms. The minimum atomic E-state index is -0.667. The van der Waals surface area contributed by atoms with Crippen LogP contribution in [0.4, 0.5) is 5.69 Å². The lowest BCUT2D eigenvalue weighted by atomic mass is 9.97. The molecule has 1 amide bonds. The SMILES string of the molecule is COc1ccc(C=CC(=O)c2ccc(OC)c3c2OC(C)(C)C=C3)cc1NC(=O)C(C)N. The number of hydrogen-bond donors (Lipinski definition) is 2. The second kappa shape index (κ2) is 9.28. The number of rotatable bonds is 7. The zero-order valence-corrected chi connectivity index (χ0v) is 18.9. The molecule has 1 atom stereocenters. The zero-order chi connectivity index (χ0) is 23.5. The van der Waals surface area contributed by atoms with Gasteiger partial charge in [-0.2, -0.15) is 0 Å². The van der Waals surface area contributed by atoms with Crippen LogP contribution < -0.4 is 25.3 Å². The van der Waals surface area contributed by atoms with Crippen molar-refractivity contribution in [2.45, 2.75) is 32.4 Å². The van der Waals surface area contributed by atoms with E-state index in [1.165, 1.54) is 13.2 Å². The Hall–Kier alpha value is -3.58. The molecule has 0 radical (unpaired) electrons. The van der Waals surface area contributed by atoms with Crippen LogP contribution in [-0.4, -0.2) is 37.6 Å². The van der Waals surface area contributed by atoms with Gasteiger partial charge in [-0.05, 0) is 68.8 Å². The predicted octanol–water partition coefficient (Wildman–Crippen LogP) is 4.07. The Balaban J connectivity index is 1.91. The molecule has 3 N–H and O–H groups in total. The van der Waals surface area contributed by atoms with Gasteiger partial charge >= 0.3 is 0 Å². The van der Waals surface area contributed by atoms with Crippen LogP contribution in [-0.2, 0) is 4.79 Å². The first-order valence-corrected chi connectivity index (χ1v) is 10.2. The molecule has 7 nitrogen and oxygen atoms in total. The van der Waals surface area contributed by atoms with Gasteiger partial charge in [-0.15, -0.1) is 0 Å². The number of allylic oxidation sites excluding steroid dienone is 1. The maximum atomic E-state index is 13.0. The average Bonchev–Trinajstić information content (AvgIpc) is 2.76. The lowest BCUT2D eigenvalue weighted by molar-refractivity contribution is -0.117. The average molecular weight is 437 g/mol. The van der Waals surface area contributed by atoms with Crippen LogP contribution in [0, 0.1) is 0 Å². The summed E-state index contributed by atoms with van der Waals surface area (Å²) in [6.07, 6.45) is 6.98. The fourth-order valence-corrected chi connectivity index (χ4v) is 3.24. The van der Waals surface area contributed by atoms with Crippen molar-refractivity contribution in [2.75, 3.05) is 19.5 Å². The summed E-state index contributed by atoms with van der Waals surface area (Å²) in [5, 5.41) is 2.73. The van der Waals surface area contributed by atoms with E-state index in [1.807, 2.05) is 26.0 Å². The quantitative estimate of drug-likeness (QED) is 0.501. The Morgan fingerprint density at radius 2 is 1.81 bits per heavy atom. The number of benzene rings is 2. The van der Waals surface area contributed by atoms with Crippen molar-refractivity contribution >= 4 is 29.5 Å². The summed E-state index contributed by atoms with van der Waals surface area (Å²) in [5.41, 5.74) is 7.45. The zero-order valence-electron chi connectivity index (χ0n) is 18.9. The summed E-state index contributed by atoms with van der Waals surface area (Å²) in [4.78, 5) is 25.0. The van der Waals surface area contributed by atoms with Crippen molar-refractivity contribution in [3.05, 3.63) is 59.2 Å². The number of amides is 1. The number of carbonyl (C=O) groups is 2. The number of anilines is 1. The molecule has 2 aromatic rings. The van der Waals surface area contributed by atoms with Gasteiger partial charge in [0.1, 0.15) is 22.8 Å². The van der Waals surface area contributed by atoms with E-state index >= 15 is 0 Å². The number of ether oxygens (including phenoxy) is 3. The summed E-state index contributed by atoms with van der Waals surface area (Å²) in [6.45, 7) is 5.44. The Kier molecular flexibility index (Phi) is 6.69. The highest BCUT2D eigenvalue weighted by molar-refractivity contribution is 6.09. The molecule has 0 aliphatic carbocycles. The topological polar surface area (TPSA) is 99.9 Å². The molecular weight excluding hydrogens is 408 g/mol. The summed E-state index contributed by atoms with van der Waals surface area (Å²) in [7, 11) is 3.09. The van der Waals surface area contributed by atoms with Crippen LogP contribution >= 0.6 is 0 Å². The van der Waals surface area contributed by atoms with Gasteiger partial charge in [0.2, 0.25) is 5.91 Å². The minimum Gasteiger partial charge on any atom is -0.496 e. The highest BCUT2D eigenvalue weighted by atomic mass is 16.5. The standard InChI is InChI=1S/C25H28N2O5/c1-15(26)24(29)27-19-14-16(7-10-22(19)31-5)6-9-20(28)17-8-11-21(30-4)18-12-13-25(2,3)32-23(17)18/h6-15H,26H2,1-5H3,(H,27,29). The fraction of sp³-hybridized carbons (Fsp3) is 0.280. The molecule has 168 valence electrons. The van der Waals surface area contributed by atoms with E-state index in [4.69, 9.17) is 19.9 Å². The molecular formula is C25H28N2O5. The monoisotopic (exact) mass is 436 g/mol. The number of ketones is 1. The second-order valence-corrected chi connectivity index (χ2v) is 8.03. The molecule has 0 spiro atoms. The predicted molar refractivity (Wildman–Crippen MR) is 125 cm³/mol. The smallest absolute Gasteiger partial charge is 0.241 e. The summed E-state index contributed by atoms with van der Waals surface area (Å²) < 4.78 is 16.8. The molecule has 1 unspecified atom stereocenters. The third-order valence-electron chi connectivity index (χ3n) is 4.98. The summed E-state index contributed by atoms with van der Waals surface area (Å²) in [6, 6.07) is 8.00. The molecule has 32 heavy (non-hydrogen) atoms. The van der Waals surface area contributed by atoms with Crippen LogP contribution in [0.15, 0.2) is 42.5 Å². The van der Waals surface area contributed by atoms with Gasteiger partial charge in [-0.3, -0.25) is 9.59 Å². The van der Waals surface area contributed by atoms with Gasteiger partial charge in [-0.25, -0.2) is 0 Å². The highest BCUT2D eigenvalue weighted by Crippen LogP contribution is 2.40. The Morgan fingerprint density at radius 1 is 1.12 bits per heavy atom. The number of methoxy groups -OCH3 is 2. The van der Waals surface area contributed by atoms with Gasteiger partial charge in [0.25, 0.3) is 0 Å². The molecule has 0 saturated carbocycles. The van der Waals surface area contributed by atoms with Crippen LogP contribution in [0.5, 0.6) is 17.2 Å². The third-order valence-corrected chi connectivity index (χ3v) is 4.98. The normalized spacial score (nSPS) is 14.9. The Morgan fingerprint density at radius 3 is 2.47 bits per heavy atom. The highest BCUT2D eigenvalue weighted by Gasteiger charge is 2.27. The van der Waals surface area contributed by atoms with E-state index < -0.39 is 11.6 Å². The number of nitrogens with one attached hydrogen (secondary N) is 1. The number of carbonyl (C=O) groups excluding carboxylic acids is 2. The van der Waals surface area contributed by atoms with Crippen LogP contribution in [0.1, 0.15) is 42.3 Å². The Bertz CT molecular complexity index is 1100. The molecule has 1 aliphatic rings. The molecule has 0 aromatic heterocycles. The molecule has 1 aliphatic heterocycles. The lowest BCUT2D eigenvalue weighted by Crippen LogP contribution is -2.32. The van der Waals surface area contributed by atoms with E-state index in [1.54, 1.807) is 50.4 Å². The number of fused-ring (bicyclic) bond motifs is 1. The largest absolute Gasteiger partial charge is 0.496 e. The Labute approximate surface area is 187 Å². The van der Waals surface area contributed by atoms with Crippen LogP contribution in [0.25, 0.3) is 12.2 Å². The van der Waals surface area contributed by atoms with Crippen molar-refractivity contribution in [1.82, 2.24) is 0 Å². The van der Waals surface area contributed by atoms with E-state index in [0.717, 1.165) is 5.56 Å². The van der Waals surface area contributed by atoms with E-state index in [2.05, 4.69) is 5.32 Å². The first kappa shape index (κ1) is 23.1. The number of nitrogens with two attached hydrogens (primary N) is 1. The van der Waals surface area contributed by atoms with Crippen molar-refractivity contribution in [2.24, 2.45) is 5.73 Å². The van der Waals surface area contributed by atoms with E-state index in [0.29, 0.717) is 34.1 Å². The molecule has 2 aromatic carbocycles. The summed E-state index contributed by atoms with van der Waals surface area (Å²) >= 11 is 0. The first-order chi connectivity index (χ1) is 15.1. The molecule has 1 heterocycles. The number of hydrogen-bond acceptors (Lipinski definition) is 6. The molecule has 3 rings (SSSR count).